The van der Waals surface area contributed by atoms with Crippen LogP contribution in [-0.4, -0.2) is 62.1 Å². The topological polar surface area (TPSA) is 70.7 Å². The van der Waals surface area contributed by atoms with Crippen LogP contribution in [0.25, 0.3) is 0 Å². The number of nitrogens with zero attached hydrogens (tertiary/aromatic N) is 1. The Hall–Kier alpha value is -1.14. The zero-order valence-corrected chi connectivity index (χ0v) is 18.1. The lowest BCUT2D eigenvalue weighted by Crippen LogP contribution is -2.56. The second kappa shape index (κ2) is 9.34. The highest BCUT2D eigenvalue weighted by atomic mass is 16.5. The number of carbonyl (C=O) groups excluding carboxylic acids is 2. The summed E-state index contributed by atoms with van der Waals surface area (Å²) < 4.78 is 5.29. The first-order valence-corrected chi connectivity index (χ1v) is 11.9. The molecular formula is C23H39N3O3. The van der Waals surface area contributed by atoms with E-state index >= 15 is 0 Å². The van der Waals surface area contributed by atoms with Gasteiger partial charge in [-0.05, 0) is 82.5 Å². The number of nitrogens with one attached hydrogen (secondary N) is 2. The van der Waals surface area contributed by atoms with Crippen molar-refractivity contribution in [1.29, 1.82) is 0 Å². The molecule has 0 atom stereocenters. The van der Waals surface area contributed by atoms with Crippen LogP contribution in [-0.2, 0) is 14.3 Å². The molecule has 5 rings (SSSR count). The molecule has 4 saturated carbocycles. The molecule has 0 unspecified atom stereocenters. The standard InChI is InChI=1S/C23H39N3O3/c1-2-29-9-3-6-24-21(27)16-26-7-4-20(5-8-26)25-22(28)23-13-17-10-18(14-23)12-19(11-17)15-23/h17-20H,2-16H2,1H3,(H,24,27)(H,25,28). The second-order valence-corrected chi connectivity index (χ2v) is 10.1. The molecule has 1 aliphatic heterocycles. The lowest BCUT2D eigenvalue weighted by atomic mass is 9.49. The molecule has 5 fully saturated rings. The van der Waals surface area contributed by atoms with Gasteiger partial charge in [-0.3, -0.25) is 14.5 Å². The van der Waals surface area contributed by atoms with Crippen LogP contribution >= 0.6 is 0 Å². The maximum absolute atomic E-state index is 13.2. The predicted octanol–water partition coefficient (Wildman–Crippen LogP) is 2.33. The molecule has 164 valence electrons. The number of ether oxygens (including phenoxy) is 1. The molecule has 6 heteroatoms. The summed E-state index contributed by atoms with van der Waals surface area (Å²) in [6.07, 6.45) is 10.3. The van der Waals surface area contributed by atoms with Gasteiger partial charge in [-0.1, -0.05) is 0 Å². The first-order chi connectivity index (χ1) is 14.1. The van der Waals surface area contributed by atoms with Crippen molar-refractivity contribution in [2.45, 2.75) is 70.8 Å². The monoisotopic (exact) mass is 405 g/mol. The van der Waals surface area contributed by atoms with Gasteiger partial charge in [0.25, 0.3) is 0 Å². The summed E-state index contributed by atoms with van der Waals surface area (Å²) in [5.41, 5.74) is -0.0484. The van der Waals surface area contributed by atoms with E-state index < -0.39 is 0 Å². The Bertz CT molecular complexity index is 551. The average Bonchev–Trinajstić information content (AvgIpc) is 2.68. The zero-order chi connectivity index (χ0) is 20.3. The minimum Gasteiger partial charge on any atom is -0.382 e. The number of carbonyl (C=O) groups is 2. The maximum Gasteiger partial charge on any atom is 0.234 e. The first kappa shape index (κ1) is 21.1. The molecule has 0 radical (unpaired) electrons. The Labute approximate surface area is 175 Å². The molecule has 2 amide bonds. The van der Waals surface area contributed by atoms with E-state index in [-0.39, 0.29) is 17.4 Å². The van der Waals surface area contributed by atoms with Crippen LogP contribution in [0, 0.1) is 23.2 Å². The summed E-state index contributed by atoms with van der Waals surface area (Å²) in [7, 11) is 0. The number of piperidine rings is 1. The smallest absolute Gasteiger partial charge is 0.234 e. The van der Waals surface area contributed by atoms with E-state index in [9.17, 15) is 9.59 Å². The van der Waals surface area contributed by atoms with E-state index in [1.54, 1.807) is 0 Å². The fourth-order valence-electron chi connectivity index (χ4n) is 6.77. The molecule has 2 N–H and O–H groups in total. The van der Waals surface area contributed by atoms with Crippen LogP contribution in [0.15, 0.2) is 0 Å². The van der Waals surface area contributed by atoms with Gasteiger partial charge in [0.15, 0.2) is 0 Å². The number of amides is 2. The molecule has 1 heterocycles. The number of hydrogen-bond acceptors (Lipinski definition) is 4. The van der Waals surface area contributed by atoms with Gasteiger partial charge in [-0.2, -0.15) is 0 Å². The molecule has 0 aromatic heterocycles. The van der Waals surface area contributed by atoms with Crippen LogP contribution in [0.1, 0.15) is 64.7 Å². The summed E-state index contributed by atoms with van der Waals surface area (Å²) in [6, 6.07) is 0.279. The molecule has 6 nitrogen and oxygen atoms in total. The quantitative estimate of drug-likeness (QED) is 0.578. The van der Waals surface area contributed by atoms with Crippen molar-refractivity contribution in [1.82, 2.24) is 15.5 Å². The van der Waals surface area contributed by atoms with Crippen molar-refractivity contribution in [2.24, 2.45) is 23.2 Å². The van der Waals surface area contributed by atoms with E-state index in [1.807, 2.05) is 6.92 Å². The minimum absolute atomic E-state index is 0.0484. The number of hydrogen-bond donors (Lipinski definition) is 2. The van der Waals surface area contributed by atoms with Gasteiger partial charge in [-0.15, -0.1) is 0 Å². The van der Waals surface area contributed by atoms with Crippen molar-refractivity contribution < 1.29 is 14.3 Å². The van der Waals surface area contributed by atoms with E-state index in [2.05, 4.69) is 15.5 Å². The first-order valence-electron chi connectivity index (χ1n) is 11.9. The molecule has 4 aliphatic carbocycles. The van der Waals surface area contributed by atoms with Crippen LogP contribution in [0.4, 0.5) is 0 Å². The van der Waals surface area contributed by atoms with Crippen molar-refractivity contribution in [3.05, 3.63) is 0 Å². The van der Waals surface area contributed by atoms with Crippen molar-refractivity contribution in [3.8, 4) is 0 Å². The van der Waals surface area contributed by atoms with Crippen LogP contribution in [0.5, 0.6) is 0 Å². The summed E-state index contributed by atoms with van der Waals surface area (Å²) >= 11 is 0. The summed E-state index contributed by atoms with van der Waals surface area (Å²) in [4.78, 5) is 27.5. The predicted molar refractivity (Wildman–Crippen MR) is 112 cm³/mol. The molecular weight excluding hydrogens is 366 g/mol. The maximum atomic E-state index is 13.2. The number of rotatable bonds is 9. The normalized spacial score (nSPS) is 34.3. The van der Waals surface area contributed by atoms with Crippen molar-refractivity contribution in [2.75, 3.05) is 39.4 Å². The fraction of sp³-hybridized carbons (Fsp3) is 0.913. The molecule has 29 heavy (non-hydrogen) atoms. The highest BCUT2D eigenvalue weighted by molar-refractivity contribution is 5.83. The van der Waals surface area contributed by atoms with Crippen LogP contribution in [0.2, 0.25) is 0 Å². The molecule has 1 saturated heterocycles. The van der Waals surface area contributed by atoms with Gasteiger partial charge in [0, 0.05) is 44.3 Å². The minimum atomic E-state index is -0.0484. The van der Waals surface area contributed by atoms with Crippen molar-refractivity contribution in [3.63, 3.8) is 0 Å². The Kier molecular flexibility index (Phi) is 6.80. The molecule has 0 spiro atoms. The third-order valence-corrected chi connectivity index (χ3v) is 7.80. The fourth-order valence-corrected chi connectivity index (χ4v) is 6.77. The average molecular weight is 406 g/mol. The van der Waals surface area contributed by atoms with Crippen LogP contribution < -0.4 is 10.6 Å². The van der Waals surface area contributed by atoms with Crippen LogP contribution in [0.3, 0.4) is 0 Å². The Morgan fingerprint density at radius 1 is 1.03 bits per heavy atom. The van der Waals surface area contributed by atoms with Crippen molar-refractivity contribution >= 4 is 11.8 Å². The van der Waals surface area contributed by atoms with Gasteiger partial charge in [0.05, 0.1) is 6.54 Å². The van der Waals surface area contributed by atoms with Gasteiger partial charge in [0.1, 0.15) is 0 Å². The molecule has 0 aromatic rings. The largest absolute Gasteiger partial charge is 0.382 e. The SMILES string of the molecule is CCOCCCNC(=O)CN1CCC(NC(=O)C23CC4CC(CC(C4)C2)C3)CC1. The van der Waals surface area contributed by atoms with Gasteiger partial charge >= 0.3 is 0 Å². The molecule has 4 bridgehead atoms. The Balaban J connectivity index is 1.16. The van der Waals surface area contributed by atoms with E-state index in [1.165, 1.54) is 19.3 Å². The molecule has 0 aromatic carbocycles. The lowest BCUT2D eigenvalue weighted by molar-refractivity contribution is -0.147. The summed E-state index contributed by atoms with van der Waals surface area (Å²) in [6.45, 7) is 6.32. The third-order valence-electron chi connectivity index (χ3n) is 7.80. The summed E-state index contributed by atoms with van der Waals surface area (Å²) in [5.74, 6) is 2.86. The van der Waals surface area contributed by atoms with E-state index in [0.717, 1.165) is 76.0 Å². The Morgan fingerprint density at radius 2 is 1.66 bits per heavy atom. The highest BCUT2D eigenvalue weighted by Crippen LogP contribution is 2.60. The summed E-state index contributed by atoms with van der Waals surface area (Å²) in [5, 5.41) is 6.40. The lowest BCUT2D eigenvalue weighted by Gasteiger charge is -2.56. The van der Waals surface area contributed by atoms with E-state index in [0.29, 0.717) is 25.6 Å². The zero-order valence-electron chi connectivity index (χ0n) is 18.1. The van der Waals surface area contributed by atoms with Gasteiger partial charge < -0.3 is 15.4 Å². The Morgan fingerprint density at radius 3 is 2.24 bits per heavy atom. The highest BCUT2D eigenvalue weighted by Gasteiger charge is 2.54. The number of likely N-dealkylation sites (tertiary alicyclic amines) is 1. The van der Waals surface area contributed by atoms with E-state index in [4.69, 9.17) is 4.74 Å². The van der Waals surface area contributed by atoms with Gasteiger partial charge in [-0.25, -0.2) is 0 Å². The second-order valence-electron chi connectivity index (χ2n) is 10.1. The third kappa shape index (κ3) is 5.13. The molecule has 5 aliphatic rings. The van der Waals surface area contributed by atoms with Gasteiger partial charge in [0.2, 0.25) is 11.8 Å².